The first-order chi connectivity index (χ1) is 10.1. The number of methoxy groups -OCH3 is 2. The van der Waals surface area contributed by atoms with Crippen LogP contribution >= 0.6 is 0 Å². The topological polar surface area (TPSA) is 50.8 Å². The van der Waals surface area contributed by atoms with Gasteiger partial charge in [-0.1, -0.05) is 0 Å². The summed E-state index contributed by atoms with van der Waals surface area (Å²) in [7, 11) is 3.37. The van der Waals surface area contributed by atoms with Gasteiger partial charge in [0.1, 0.15) is 5.75 Å². The average Bonchev–Trinajstić information content (AvgIpc) is 2.48. The largest absolute Gasteiger partial charge is 0.496 e. The molecule has 5 nitrogen and oxygen atoms in total. The van der Waals surface area contributed by atoms with Gasteiger partial charge in [-0.25, -0.2) is 4.79 Å². The average molecular weight is 292 g/mol. The number of anilines is 1. The van der Waals surface area contributed by atoms with Crippen molar-refractivity contribution >= 4 is 11.7 Å². The summed E-state index contributed by atoms with van der Waals surface area (Å²) in [5.74, 6) is 1.40. The number of hydrogen-bond acceptors (Lipinski definition) is 3. The highest BCUT2D eigenvalue weighted by Gasteiger charge is 2.22. The molecule has 1 aromatic carbocycles. The number of nitrogens with zero attached hydrogens (tertiary/aromatic N) is 1. The van der Waals surface area contributed by atoms with Gasteiger partial charge in [-0.05, 0) is 49.4 Å². The lowest BCUT2D eigenvalue weighted by molar-refractivity contribution is 0.110. The Labute approximate surface area is 126 Å². The Bertz CT molecular complexity index is 482. The summed E-state index contributed by atoms with van der Waals surface area (Å²) in [4.78, 5) is 14.1. The first kappa shape index (κ1) is 15.6. The van der Waals surface area contributed by atoms with Crippen molar-refractivity contribution < 1.29 is 14.3 Å². The third-order valence-electron chi connectivity index (χ3n) is 3.95. The van der Waals surface area contributed by atoms with Gasteiger partial charge in [0, 0.05) is 32.5 Å². The molecule has 0 aliphatic carbocycles. The molecule has 1 fully saturated rings. The van der Waals surface area contributed by atoms with Gasteiger partial charge >= 0.3 is 6.03 Å². The number of likely N-dealkylation sites (tertiary alicyclic amines) is 1. The van der Waals surface area contributed by atoms with Crippen molar-refractivity contribution in [3.63, 3.8) is 0 Å². The summed E-state index contributed by atoms with van der Waals surface area (Å²) < 4.78 is 10.4. The number of hydrogen-bond donors (Lipinski definition) is 1. The molecule has 2 rings (SSSR count). The summed E-state index contributed by atoms with van der Waals surface area (Å²) in [5.41, 5.74) is 1.81. The van der Waals surface area contributed by atoms with E-state index in [4.69, 9.17) is 9.47 Å². The van der Waals surface area contributed by atoms with Crippen LogP contribution in [0.5, 0.6) is 5.75 Å². The first-order valence-electron chi connectivity index (χ1n) is 7.33. The zero-order chi connectivity index (χ0) is 15.2. The number of amides is 2. The summed E-state index contributed by atoms with van der Waals surface area (Å²) in [6.45, 7) is 4.32. The molecule has 0 aromatic heterocycles. The maximum Gasteiger partial charge on any atom is 0.321 e. The molecule has 0 saturated carbocycles. The number of nitrogens with one attached hydrogen (secondary N) is 1. The van der Waals surface area contributed by atoms with Gasteiger partial charge in [0.15, 0.2) is 0 Å². The number of aryl methyl sites for hydroxylation is 1. The van der Waals surface area contributed by atoms with Crippen LogP contribution in [0.2, 0.25) is 0 Å². The number of piperidine rings is 1. The van der Waals surface area contributed by atoms with E-state index in [1.807, 2.05) is 30.0 Å². The van der Waals surface area contributed by atoms with Gasteiger partial charge in [-0.3, -0.25) is 0 Å². The molecule has 0 bridgehead atoms. The van der Waals surface area contributed by atoms with Crippen LogP contribution < -0.4 is 10.1 Å². The van der Waals surface area contributed by atoms with E-state index in [0.717, 1.165) is 49.5 Å². The van der Waals surface area contributed by atoms with E-state index in [1.54, 1.807) is 14.2 Å². The zero-order valence-electron chi connectivity index (χ0n) is 13.0. The molecule has 1 aliphatic rings. The molecular formula is C16H24N2O3. The Kier molecular flexibility index (Phi) is 5.44. The highest BCUT2D eigenvalue weighted by atomic mass is 16.5. The predicted octanol–water partition coefficient (Wildman–Crippen LogP) is 2.89. The number of carbonyl (C=O) groups is 1. The van der Waals surface area contributed by atoms with Gasteiger partial charge in [0.25, 0.3) is 0 Å². The fourth-order valence-electron chi connectivity index (χ4n) is 2.70. The second-order valence-electron chi connectivity index (χ2n) is 5.50. The van der Waals surface area contributed by atoms with Gasteiger partial charge in [-0.2, -0.15) is 0 Å². The molecule has 1 aliphatic heterocycles. The van der Waals surface area contributed by atoms with Crippen LogP contribution in [-0.4, -0.2) is 44.8 Å². The molecule has 21 heavy (non-hydrogen) atoms. The highest BCUT2D eigenvalue weighted by molar-refractivity contribution is 5.89. The minimum Gasteiger partial charge on any atom is -0.496 e. The SMILES string of the molecule is COCC1CCN(C(=O)Nc2ccc(OC)c(C)c2)CC1. The van der Waals surface area contributed by atoms with Crippen LogP contribution in [0.3, 0.4) is 0 Å². The number of carbonyl (C=O) groups excluding carboxylic acids is 1. The lowest BCUT2D eigenvalue weighted by atomic mass is 9.98. The molecule has 0 radical (unpaired) electrons. The molecule has 0 atom stereocenters. The van der Waals surface area contributed by atoms with Crippen LogP contribution in [-0.2, 0) is 4.74 Å². The lowest BCUT2D eigenvalue weighted by Gasteiger charge is -2.31. The minimum atomic E-state index is -0.0320. The monoisotopic (exact) mass is 292 g/mol. The molecule has 0 spiro atoms. The highest BCUT2D eigenvalue weighted by Crippen LogP contribution is 2.22. The first-order valence-corrected chi connectivity index (χ1v) is 7.33. The summed E-state index contributed by atoms with van der Waals surface area (Å²) in [6, 6.07) is 5.63. The van der Waals surface area contributed by atoms with Crippen LogP contribution in [0, 0.1) is 12.8 Å². The van der Waals surface area contributed by atoms with E-state index in [1.165, 1.54) is 0 Å². The Balaban J connectivity index is 1.89. The van der Waals surface area contributed by atoms with Crippen LogP contribution in [0.15, 0.2) is 18.2 Å². The number of benzene rings is 1. The van der Waals surface area contributed by atoms with E-state index < -0.39 is 0 Å². The molecule has 0 unspecified atom stereocenters. The quantitative estimate of drug-likeness (QED) is 0.928. The number of urea groups is 1. The van der Waals surface area contributed by atoms with E-state index in [9.17, 15) is 4.79 Å². The summed E-state index contributed by atoms with van der Waals surface area (Å²) in [6.07, 6.45) is 2.01. The summed E-state index contributed by atoms with van der Waals surface area (Å²) >= 11 is 0. The fraction of sp³-hybridized carbons (Fsp3) is 0.562. The van der Waals surface area contributed by atoms with Crippen molar-refractivity contribution in [2.75, 3.05) is 39.2 Å². The molecule has 1 heterocycles. The van der Waals surface area contributed by atoms with Crippen molar-refractivity contribution in [1.82, 2.24) is 4.90 Å². The van der Waals surface area contributed by atoms with Crippen molar-refractivity contribution in [3.8, 4) is 5.75 Å². The maximum atomic E-state index is 12.3. The lowest BCUT2D eigenvalue weighted by Crippen LogP contribution is -2.41. The Morgan fingerprint density at radius 3 is 2.62 bits per heavy atom. The molecule has 1 saturated heterocycles. The number of rotatable bonds is 4. The van der Waals surface area contributed by atoms with E-state index in [2.05, 4.69) is 5.32 Å². The van der Waals surface area contributed by atoms with Crippen molar-refractivity contribution in [2.45, 2.75) is 19.8 Å². The van der Waals surface area contributed by atoms with E-state index >= 15 is 0 Å². The Morgan fingerprint density at radius 1 is 1.33 bits per heavy atom. The second kappa shape index (κ2) is 7.31. The second-order valence-corrected chi connectivity index (χ2v) is 5.50. The predicted molar refractivity (Wildman–Crippen MR) is 82.9 cm³/mol. The number of ether oxygens (including phenoxy) is 2. The smallest absolute Gasteiger partial charge is 0.321 e. The van der Waals surface area contributed by atoms with Gasteiger partial charge in [0.05, 0.1) is 7.11 Å². The summed E-state index contributed by atoms with van der Waals surface area (Å²) in [5, 5.41) is 2.95. The molecular weight excluding hydrogens is 268 g/mol. The van der Waals surface area contributed by atoms with E-state index in [0.29, 0.717) is 5.92 Å². The van der Waals surface area contributed by atoms with Crippen molar-refractivity contribution in [3.05, 3.63) is 23.8 Å². The molecule has 116 valence electrons. The van der Waals surface area contributed by atoms with Crippen LogP contribution in [0.25, 0.3) is 0 Å². The van der Waals surface area contributed by atoms with Crippen molar-refractivity contribution in [1.29, 1.82) is 0 Å². The third-order valence-corrected chi connectivity index (χ3v) is 3.95. The molecule has 5 heteroatoms. The fourth-order valence-corrected chi connectivity index (χ4v) is 2.70. The van der Waals surface area contributed by atoms with Gasteiger partial charge in [-0.15, -0.1) is 0 Å². The van der Waals surface area contributed by atoms with Gasteiger partial charge < -0.3 is 19.7 Å². The van der Waals surface area contributed by atoms with Crippen LogP contribution in [0.4, 0.5) is 10.5 Å². The Hall–Kier alpha value is -1.75. The maximum absolute atomic E-state index is 12.3. The zero-order valence-corrected chi connectivity index (χ0v) is 13.0. The molecule has 2 amide bonds. The third kappa shape index (κ3) is 4.11. The van der Waals surface area contributed by atoms with Gasteiger partial charge in [0.2, 0.25) is 0 Å². The molecule has 1 aromatic rings. The van der Waals surface area contributed by atoms with E-state index in [-0.39, 0.29) is 6.03 Å². The minimum absolute atomic E-state index is 0.0320. The normalized spacial score (nSPS) is 15.9. The van der Waals surface area contributed by atoms with Crippen LogP contribution in [0.1, 0.15) is 18.4 Å². The Morgan fingerprint density at radius 2 is 2.05 bits per heavy atom. The standard InChI is InChI=1S/C16H24N2O3/c1-12-10-14(4-5-15(12)21-3)17-16(19)18-8-6-13(7-9-18)11-20-2/h4-5,10,13H,6-9,11H2,1-3H3,(H,17,19). The van der Waals surface area contributed by atoms with Crippen molar-refractivity contribution in [2.24, 2.45) is 5.92 Å². The molecule has 1 N–H and O–H groups in total.